The summed E-state index contributed by atoms with van der Waals surface area (Å²) in [6, 6.07) is 28.0. The van der Waals surface area contributed by atoms with Gasteiger partial charge in [0.15, 0.2) is 6.61 Å². The molecule has 1 heterocycles. The molecule has 0 bridgehead atoms. The van der Waals surface area contributed by atoms with Crippen LogP contribution in [-0.2, 0) is 19.6 Å². The third-order valence-corrected chi connectivity index (χ3v) is 6.65. The first kappa shape index (κ1) is 26.3. The third-order valence-electron chi connectivity index (χ3n) is 6.65. The molecule has 0 aromatic heterocycles. The van der Waals surface area contributed by atoms with Gasteiger partial charge in [0, 0.05) is 17.2 Å². The van der Waals surface area contributed by atoms with Gasteiger partial charge in [-0.25, -0.2) is 0 Å². The van der Waals surface area contributed by atoms with Gasteiger partial charge in [0.05, 0.1) is 12.2 Å². The number of benzene rings is 4. The van der Waals surface area contributed by atoms with Crippen molar-refractivity contribution in [1.82, 2.24) is 0 Å². The molecule has 0 amide bonds. The van der Waals surface area contributed by atoms with Gasteiger partial charge in [-0.1, -0.05) is 48.5 Å². The van der Waals surface area contributed by atoms with E-state index in [1.165, 1.54) is 0 Å². The summed E-state index contributed by atoms with van der Waals surface area (Å²) in [5.74, 6) is 2.63. The molecule has 0 aliphatic carbocycles. The number of rotatable bonds is 10. The SMILES string of the molecule is CC1(C)CCc2c(ccc(CO)c2OCC(=O)c2ccc(Oc3ccccc3)cc2OCc2ccccc2)O1. The maximum absolute atomic E-state index is 13.5. The molecule has 1 aliphatic rings. The van der Waals surface area contributed by atoms with Gasteiger partial charge in [-0.2, -0.15) is 0 Å². The number of aliphatic hydroxyl groups excluding tert-OH is 1. The molecule has 6 nitrogen and oxygen atoms in total. The zero-order valence-corrected chi connectivity index (χ0v) is 22.2. The van der Waals surface area contributed by atoms with Gasteiger partial charge in [-0.15, -0.1) is 0 Å². The van der Waals surface area contributed by atoms with Crippen LogP contribution in [0.4, 0.5) is 0 Å². The fourth-order valence-corrected chi connectivity index (χ4v) is 4.56. The van der Waals surface area contributed by atoms with Gasteiger partial charge >= 0.3 is 0 Å². The Hall–Kier alpha value is -4.29. The lowest BCUT2D eigenvalue weighted by atomic mass is 9.92. The molecule has 5 rings (SSSR count). The molecule has 0 saturated heterocycles. The van der Waals surface area contributed by atoms with Gasteiger partial charge in [-0.3, -0.25) is 4.79 Å². The largest absolute Gasteiger partial charge is 0.488 e. The smallest absolute Gasteiger partial charge is 0.203 e. The van der Waals surface area contributed by atoms with Crippen LogP contribution in [0, 0.1) is 0 Å². The van der Waals surface area contributed by atoms with Crippen molar-refractivity contribution >= 4 is 5.78 Å². The number of ether oxygens (including phenoxy) is 4. The second-order valence-corrected chi connectivity index (χ2v) is 10.1. The van der Waals surface area contributed by atoms with E-state index in [0.29, 0.717) is 40.7 Å². The second kappa shape index (κ2) is 11.6. The molecular weight excluding hydrogens is 492 g/mol. The van der Waals surface area contributed by atoms with E-state index in [2.05, 4.69) is 0 Å². The van der Waals surface area contributed by atoms with Crippen LogP contribution in [-0.4, -0.2) is 23.1 Å². The van der Waals surface area contributed by atoms with Crippen molar-refractivity contribution in [1.29, 1.82) is 0 Å². The molecule has 0 spiro atoms. The highest BCUT2D eigenvalue weighted by atomic mass is 16.5. The average Bonchev–Trinajstić information content (AvgIpc) is 2.95. The second-order valence-electron chi connectivity index (χ2n) is 10.1. The zero-order chi connectivity index (χ0) is 27.2. The molecular formula is C33H32O6. The van der Waals surface area contributed by atoms with Crippen LogP contribution in [0.3, 0.4) is 0 Å². The number of carbonyl (C=O) groups excluding carboxylic acids is 1. The molecule has 4 aromatic rings. The van der Waals surface area contributed by atoms with Crippen LogP contribution < -0.4 is 18.9 Å². The Morgan fingerprint density at radius 1 is 0.897 bits per heavy atom. The van der Waals surface area contributed by atoms with Crippen molar-refractivity contribution in [2.45, 2.75) is 45.5 Å². The van der Waals surface area contributed by atoms with Gasteiger partial charge in [0.2, 0.25) is 5.78 Å². The first-order valence-corrected chi connectivity index (χ1v) is 13.1. The standard InChI is InChI=1S/C33H32O6/c1-33(2)18-17-28-30(39-33)16-13-24(20-34)32(28)37-22-29(35)27-15-14-26(38-25-11-7-4-8-12-25)19-31(27)36-21-23-9-5-3-6-10-23/h3-16,19,34H,17-18,20-22H2,1-2H3. The van der Waals surface area contributed by atoms with Crippen LogP contribution >= 0.6 is 0 Å². The fraction of sp³-hybridized carbons (Fsp3) is 0.242. The van der Waals surface area contributed by atoms with Crippen molar-refractivity contribution < 1.29 is 28.8 Å². The molecule has 0 atom stereocenters. The molecule has 0 saturated carbocycles. The summed E-state index contributed by atoms with van der Waals surface area (Å²) < 4.78 is 24.3. The molecule has 0 radical (unpaired) electrons. The first-order valence-electron chi connectivity index (χ1n) is 13.1. The average molecular weight is 525 g/mol. The van der Waals surface area contributed by atoms with Crippen LogP contribution in [0.15, 0.2) is 91.0 Å². The molecule has 0 unspecified atom stereocenters. The van der Waals surface area contributed by atoms with Gasteiger partial charge < -0.3 is 24.1 Å². The molecule has 1 N–H and O–H groups in total. The van der Waals surface area contributed by atoms with Crippen molar-refractivity contribution in [2.75, 3.05) is 6.61 Å². The number of Topliss-reactive ketones (excluding diaryl/α,β-unsaturated/α-hetero) is 1. The van der Waals surface area contributed by atoms with Crippen molar-refractivity contribution in [2.24, 2.45) is 0 Å². The number of hydrogen-bond donors (Lipinski definition) is 1. The third kappa shape index (κ3) is 6.41. The van der Waals surface area contributed by atoms with Gasteiger partial charge in [0.1, 0.15) is 41.0 Å². The molecule has 200 valence electrons. The summed E-state index contributed by atoms with van der Waals surface area (Å²) in [4.78, 5) is 13.5. The quantitative estimate of drug-likeness (QED) is 0.227. The predicted octanol–water partition coefficient (Wildman–Crippen LogP) is 6.92. The van der Waals surface area contributed by atoms with E-state index in [-0.39, 0.29) is 24.6 Å². The Balaban J connectivity index is 1.38. The van der Waals surface area contributed by atoms with Gasteiger partial charge in [-0.05, 0) is 68.7 Å². The molecule has 39 heavy (non-hydrogen) atoms. The minimum atomic E-state index is -0.282. The highest BCUT2D eigenvalue weighted by Gasteiger charge is 2.30. The lowest BCUT2D eigenvalue weighted by Crippen LogP contribution is -2.33. The van der Waals surface area contributed by atoms with Crippen LogP contribution in [0.2, 0.25) is 0 Å². The van der Waals surface area contributed by atoms with Gasteiger partial charge in [0.25, 0.3) is 0 Å². The Bertz CT molecular complexity index is 1430. The zero-order valence-electron chi connectivity index (χ0n) is 22.2. The maximum atomic E-state index is 13.5. The molecule has 4 aromatic carbocycles. The highest BCUT2D eigenvalue weighted by Crippen LogP contribution is 2.40. The topological polar surface area (TPSA) is 74.2 Å². The summed E-state index contributed by atoms with van der Waals surface area (Å²) in [5, 5.41) is 9.94. The summed E-state index contributed by atoms with van der Waals surface area (Å²) >= 11 is 0. The Labute approximate surface area is 228 Å². The Morgan fingerprint density at radius 3 is 2.38 bits per heavy atom. The number of hydrogen-bond acceptors (Lipinski definition) is 6. The summed E-state index contributed by atoms with van der Waals surface area (Å²) in [5.41, 5.74) is 2.58. The van der Waals surface area contributed by atoms with Crippen LogP contribution in [0.1, 0.15) is 47.3 Å². The van der Waals surface area contributed by atoms with E-state index < -0.39 is 0 Å². The maximum Gasteiger partial charge on any atom is 0.203 e. The monoisotopic (exact) mass is 524 g/mol. The molecule has 6 heteroatoms. The van der Waals surface area contributed by atoms with E-state index in [1.807, 2.05) is 80.6 Å². The summed E-state index contributed by atoms with van der Waals surface area (Å²) in [7, 11) is 0. The van der Waals surface area contributed by atoms with E-state index in [0.717, 1.165) is 29.7 Å². The minimum absolute atomic E-state index is 0.197. The first-order chi connectivity index (χ1) is 18.9. The highest BCUT2D eigenvalue weighted by molar-refractivity contribution is 6.00. The number of aliphatic hydroxyl groups is 1. The summed E-state index contributed by atoms with van der Waals surface area (Å²) in [6.45, 7) is 3.97. The number of fused-ring (bicyclic) bond motifs is 1. The van der Waals surface area contributed by atoms with Crippen molar-refractivity contribution in [3.05, 3.63) is 113 Å². The van der Waals surface area contributed by atoms with E-state index in [4.69, 9.17) is 18.9 Å². The molecule has 1 aliphatic heterocycles. The lowest BCUT2D eigenvalue weighted by molar-refractivity contribution is 0.0812. The van der Waals surface area contributed by atoms with E-state index in [9.17, 15) is 9.90 Å². The molecule has 0 fully saturated rings. The summed E-state index contributed by atoms with van der Waals surface area (Å²) in [6.07, 6.45) is 1.54. The normalized spacial score (nSPS) is 13.6. The van der Waals surface area contributed by atoms with Crippen LogP contribution in [0.5, 0.6) is 28.7 Å². The Kier molecular flexibility index (Phi) is 7.84. The lowest BCUT2D eigenvalue weighted by Gasteiger charge is -2.33. The number of carbonyl (C=O) groups is 1. The fourth-order valence-electron chi connectivity index (χ4n) is 4.56. The number of para-hydroxylation sites is 1. The van der Waals surface area contributed by atoms with E-state index in [1.54, 1.807) is 24.3 Å². The predicted molar refractivity (Wildman–Crippen MR) is 149 cm³/mol. The van der Waals surface area contributed by atoms with Crippen LogP contribution in [0.25, 0.3) is 0 Å². The number of ketones is 1. The van der Waals surface area contributed by atoms with E-state index >= 15 is 0 Å². The van der Waals surface area contributed by atoms with Crippen molar-refractivity contribution in [3.8, 4) is 28.7 Å². The Morgan fingerprint density at radius 2 is 1.64 bits per heavy atom. The minimum Gasteiger partial charge on any atom is -0.488 e. The van der Waals surface area contributed by atoms with Crippen molar-refractivity contribution in [3.63, 3.8) is 0 Å².